The molecular weight excluding hydrogens is 425 g/mol. The minimum absolute atomic E-state index is 0.00732. The van der Waals surface area contributed by atoms with Crippen LogP contribution in [-0.2, 0) is 19.6 Å². The van der Waals surface area contributed by atoms with Gasteiger partial charge in [0.2, 0.25) is 11.8 Å². The van der Waals surface area contributed by atoms with Crippen molar-refractivity contribution in [3.63, 3.8) is 0 Å². The van der Waals surface area contributed by atoms with Crippen LogP contribution in [0, 0.1) is 11.7 Å². The number of piperidine rings is 1. The van der Waals surface area contributed by atoms with Gasteiger partial charge < -0.3 is 15.0 Å². The van der Waals surface area contributed by atoms with Crippen molar-refractivity contribution >= 4 is 33.2 Å². The fraction of sp³-hybridized carbons (Fsp3) is 0.333. The predicted molar refractivity (Wildman–Crippen MR) is 114 cm³/mol. The highest BCUT2D eigenvalue weighted by atomic mass is 32.2. The number of ether oxygens (including phenoxy) is 1. The first-order valence-electron chi connectivity index (χ1n) is 9.72. The molecule has 0 unspecified atom stereocenters. The van der Waals surface area contributed by atoms with E-state index >= 15 is 0 Å². The number of sulfonamides is 1. The summed E-state index contributed by atoms with van der Waals surface area (Å²) in [4.78, 5) is 25.7. The van der Waals surface area contributed by atoms with Crippen LogP contribution in [-0.4, -0.2) is 45.3 Å². The summed E-state index contributed by atoms with van der Waals surface area (Å²) in [5.41, 5.74) is 0.535. The molecule has 0 atom stereocenters. The average Bonchev–Trinajstić information content (AvgIpc) is 2.74. The summed E-state index contributed by atoms with van der Waals surface area (Å²) in [6, 6.07) is 9.03. The SMILES string of the molecule is COc1ccc(NC(=O)C2CCN(C(C)=O)CC2)cc1NS(=O)(=O)c1ccc(F)cc1. The molecule has 1 saturated heterocycles. The zero-order chi connectivity index (χ0) is 22.6. The Morgan fingerprint density at radius 2 is 1.74 bits per heavy atom. The fourth-order valence-corrected chi connectivity index (χ4v) is 4.45. The van der Waals surface area contributed by atoms with Crippen molar-refractivity contribution in [3.8, 4) is 5.75 Å². The van der Waals surface area contributed by atoms with Crippen molar-refractivity contribution in [1.82, 2.24) is 4.90 Å². The number of benzene rings is 2. The van der Waals surface area contributed by atoms with Crippen molar-refractivity contribution in [2.45, 2.75) is 24.7 Å². The number of nitrogens with one attached hydrogen (secondary N) is 2. The van der Waals surface area contributed by atoms with Gasteiger partial charge in [0.15, 0.2) is 0 Å². The number of hydrogen-bond donors (Lipinski definition) is 2. The van der Waals surface area contributed by atoms with E-state index in [0.29, 0.717) is 31.6 Å². The van der Waals surface area contributed by atoms with E-state index in [1.54, 1.807) is 11.0 Å². The molecule has 1 aliphatic rings. The lowest BCUT2D eigenvalue weighted by atomic mass is 9.96. The molecule has 0 spiro atoms. The average molecular weight is 450 g/mol. The molecule has 0 aromatic heterocycles. The maximum absolute atomic E-state index is 13.1. The topological polar surface area (TPSA) is 105 Å². The number of carbonyl (C=O) groups is 2. The van der Waals surface area contributed by atoms with E-state index in [0.717, 1.165) is 24.3 Å². The summed E-state index contributed by atoms with van der Waals surface area (Å²) >= 11 is 0. The van der Waals surface area contributed by atoms with Gasteiger partial charge in [-0.15, -0.1) is 0 Å². The van der Waals surface area contributed by atoms with Gasteiger partial charge in [-0.1, -0.05) is 0 Å². The smallest absolute Gasteiger partial charge is 0.262 e. The van der Waals surface area contributed by atoms with E-state index in [2.05, 4.69) is 10.0 Å². The molecular formula is C21H24FN3O5S. The number of halogens is 1. The summed E-state index contributed by atoms with van der Waals surface area (Å²) < 4.78 is 46.0. The quantitative estimate of drug-likeness (QED) is 0.706. The number of rotatable bonds is 6. The van der Waals surface area contributed by atoms with E-state index in [4.69, 9.17) is 4.74 Å². The standard InChI is InChI=1S/C21H24FN3O5S/c1-14(26)25-11-9-15(10-12-25)21(27)23-17-5-8-20(30-2)19(13-17)24-31(28,29)18-6-3-16(22)4-7-18/h3-8,13,15,24H,9-12H2,1-2H3,(H,23,27). The Morgan fingerprint density at radius 3 is 2.32 bits per heavy atom. The zero-order valence-electron chi connectivity index (χ0n) is 17.2. The maximum Gasteiger partial charge on any atom is 0.262 e. The van der Waals surface area contributed by atoms with E-state index in [1.807, 2.05) is 0 Å². The molecule has 0 aliphatic carbocycles. The zero-order valence-corrected chi connectivity index (χ0v) is 18.0. The Hall–Kier alpha value is -3.14. The second kappa shape index (κ2) is 9.34. The van der Waals surface area contributed by atoms with E-state index in [9.17, 15) is 22.4 Å². The van der Waals surface area contributed by atoms with E-state index in [1.165, 1.54) is 26.2 Å². The maximum atomic E-state index is 13.1. The Labute approximate surface area is 180 Å². The molecule has 1 heterocycles. The number of nitrogens with zero attached hydrogens (tertiary/aromatic N) is 1. The summed E-state index contributed by atoms with van der Waals surface area (Å²) in [6.07, 6.45) is 1.12. The molecule has 0 bridgehead atoms. The van der Waals surface area contributed by atoms with Gasteiger partial charge in [-0.2, -0.15) is 0 Å². The number of carbonyl (C=O) groups excluding carboxylic acids is 2. The van der Waals surface area contributed by atoms with Crippen molar-refractivity contribution in [1.29, 1.82) is 0 Å². The van der Waals surface area contributed by atoms with Crippen LogP contribution in [0.4, 0.5) is 15.8 Å². The molecule has 2 N–H and O–H groups in total. The van der Waals surface area contributed by atoms with Crippen LogP contribution in [0.5, 0.6) is 5.75 Å². The normalized spacial score (nSPS) is 14.7. The van der Waals surface area contributed by atoms with Crippen LogP contribution in [0.25, 0.3) is 0 Å². The molecule has 1 aliphatic heterocycles. The van der Waals surface area contributed by atoms with Crippen LogP contribution >= 0.6 is 0 Å². The minimum atomic E-state index is -3.99. The molecule has 2 aromatic carbocycles. The molecule has 31 heavy (non-hydrogen) atoms. The van der Waals surface area contributed by atoms with Crippen LogP contribution in [0.2, 0.25) is 0 Å². The van der Waals surface area contributed by atoms with Crippen molar-refractivity contribution < 1.29 is 27.1 Å². The molecule has 166 valence electrons. The molecule has 2 aromatic rings. The number of likely N-dealkylation sites (tertiary alicyclic amines) is 1. The minimum Gasteiger partial charge on any atom is -0.495 e. The lowest BCUT2D eigenvalue weighted by Gasteiger charge is -2.30. The molecule has 2 amide bonds. The van der Waals surface area contributed by atoms with Gasteiger partial charge in [0.05, 0.1) is 17.7 Å². The van der Waals surface area contributed by atoms with E-state index < -0.39 is 15.8 Å². The van der Waals surface area contributed by atoms with Gasteiger partial charge in [0.1, 0.15) is 11.6 Å². The van der Waals surface area contributed by atoms with Crippen molar-refractivity contribution in [2.24, 2.45) is 5.92 Å². The first kappa shape index (κ1) is 22.5. The van der Waals surface area contributed by atoms with Gasteiger partial charge in [0, 0.05) is 31.6 Å². The van der Waals surface area contributed by atoms with Gasteiger partial charge in [-0.05, 0) is 55.3 Å². The lowest BCUT2D eigenvalue weighted by Crippen LogP contribution is -2.40. The molecule has 0 radical (unpaired) electrons. The lowest BCUT2D eigenvalue weighted by molar-refractivity contribution is -0.132. The third-order valence-electron chi connectivity index (χ3n) is 5.15. The van der Waals surface area contributed by atoms with E-state index in [-0.39, 0.29) is 34.1 Å². The highest BCUT2D eigenvalue weighted by Crippen LogP contribution is 2.30. The van der Waals surface area contributed by atoms with Crippen molar-refractivity contribution in [2.75, 3.05) is 30.2 Å². The summed E-state index contributed by atoms with van der Waals surface area (Å²) in [5.74, 6) is -0.723. The Kier molecular flexibility index (Phi) is 6.79. The Morgan fingerprint density at radius 1 is 1.10 bits per heavy atom. The van der Waals surface area contributed by atoms with Gasteiger partial charge in [-0.3, -0.25) is 14.3 Å². The molecule has 3 rings (SSSR count). The summed E-state index contributed by atoms with van der Waals surface area (Å²) in [5, 5.41) is 2.80. The van der Waals surface area contributed by atoms with Crippen molar-refractivity contribution in [3.05, 3.63) is 48.3 Å². The van der Waals surface area contributed by atoms with Crippen LogP contribution < -0.4 is 14.8 Å². The third-order valence-corrected chi connectivity index (χ3v) is 6.53. The highest BCUT2D eigenvalue weighted by Gasteiger charge is 2.26. The van der Waals surface area contributed by atoms with Gasteiger partial charge in [-0.25, -0.2) is 12.8 Å². The molecule has 1 fully saturated rings. The summed E-state index contributed by atoms with van der Waals surface area (Å²) in [7, 11) is -2.59. The molecule has 10 heteroatoms. The van der Waals surface area contributed by atoms with Crippen LogP contribution in [0.15, 0.2) is 47.4 Å². The Balaban J connectivity index is 1.74. The monoisotopic (exact) mass is 449 g/mol. The van der Waals surface area contributed by atoms with Gasteiger partial charge >= 0.3 is 0 Å². The molecule has 8 nitrogen and oxygen atoms in total. The number of amides is 2. The highest BCUT2D eigenvalue weighted by molar-refractivity contribution is 7.92. The number of anilines is 2. The molecule has 0 saturated carbocycles. The number of hydrogen-bond acceptors (Lipinski definition) is 5. The first-order valence-corrected chi connectivity index (χ1v) is 11.2. The first-order chi connectivity index (χ1) is 14.7. The van der Waals surface area contributed by atoms with Gasteiger partial charge in [0.25, 0.3) is 10.0 Å². The second-order valence-electron chi connectivity index (χ2n) is 7.24. The Bertz CT molecular complexity index is 1060. The van der Waals surface area contributed by atoms with Crippen LogP contribution in [0.3, 0.4) is 0 Å². The fourth-order valence-electron chi connectivity index (χ4n) is 3.38. The third kappa shape index (κ3) is 5.52. The van der Waals surface area contributed by atoms with Crippen LogP contribution in [0.1, 0.15) is 19.8 Å². The summed E-state index contributed by atoms with van der Waals surface area (Å²) in [6.45, 7) is 2.56. The second-order valence-corrected chi connectivity index (χ2v) is 8.93. The largest absolute Gasteiger partial charge is 0.495 e. The predicted octanol–water partition coefficient (Wildman–Crippen LogP) is 2.83. The number of methoxy groups -OCH3 is 1.